The minimum absolute atomic E-state index is 0.0181. The summed E-state index contributed by atoms with van der Waals surface area (Å²) in [5, 5.41) is 13.8. The number of alkyl halides is 1. The van der Waals surface area contributed by atoms with Crippen molar-refractivity contribution in [2.45, 2.75) is 11.8 Å². The van der Waals surface area contributed by atoms with E-state index >= 15 is 0 Å². The molecule has 0 aliphatic carbocycles. The van der Waals surface area contributed by atoms with Crippen molar-refractivity contribution in [3.63, 3.8) is 0 Å². The van der Waals surface area contributed by atoms with Crippen LogP contribution in [0.25, 0.3) is 0 Å². The molecule has 4 rings (SSSR count). The van der Waals surface area contributed by atoms with Crippen LogP contribution in [0.3, 0.4) is 0 Å². The van der Waals surface area contributed by atoms with Gasteiger partial charge in [0.25, 0.3) is 15.7 Å². The van der Waals surface area contributed by atoms with E-state index in [2.05, 4.69) is 25.0 Å². The second kappa shape index (κ2) is 17.3. The van der Waals surface area contributed by atoms with Gasteiger partial charge < -0.3 is 18.9 Å². The summed E-state index contributed by atoms with van der Waals surface area (Å²) in [5.41, 5.74) is -0.587. The Bertz CT molecular complexity index is 1920. The third-order valence-corrected chi connectivity index (χ3v) is 7.58. The van der Waals surface area contributed by atoms with Gasteiger partial charge in [-0.15, -0.1) is 11.6 Å². The number of hydrogen-bond acceptors (Lipinski definition) is 13. The number of nitro groups is 1. The molecule has 2 N–H and O–H groups in total. The number of nitrogens with one attached hydrogen (secondary N) is 2. The number of para-hydroxylation sites is 1. The molecule has 1 heterocycles. The van der Waals surface area contributed by atoms with E-state index in [9.17, 15) is 28.1 Å². The maximum atomic E-state index is 12.4. The first-order chi connectivity index (χ1) is 22.8. The van der Waals surface area contributed by atoms with Crippen LogP contribution in [-0.4, -0.2) is 67.0 Å². The van der Waals surface area contributed by atoms with Gasteiger partial charge in [-0.25, -0.2) is 22.7 Å². The molecule has 1 aromatic heterocycles. The van der Waals surface area contributed by atoms with E-state index in [-0.39, 0.29) is 62.9 Å². The van der Waals surface area contributed by atoms with Gasteiger partial charge in [0.15, 0.2) is 0 Å². The zero-order valence-corrected chi connectivity index (χ0v) is 28.2. The van der Waals surface area contributed by atoms with Crippen LogP contribution in [0, 0.1) is 17.0 Å². The number of aryl methyl sites for hydroxylation is 1. The summed E-state index contributed by atoms with van der Waals surface area (Å²) in [5.74, 6) is 0.0584. The second-order valence-electron chi connectivity index (χ2n) is 8.84. The molecule has 2 amide bonds. The van der Waals surface area contributed by atoms with Crippen molar-refractivity contribution >= 4 is 68.5 Å². The normalized spacial score (nSPS) is 10.5. The average Bonchev–Trinajstić information content (AvgIpc) is 3.04. The van der Waals surface area contributed by atoms with Gasteiger partial charge in [0.05, 0.1) is 30.0 Å². The fourth-order valence-corrected chi connectivity index (χ4v) is 5.12. The fraction of sp³-hybridized carbons (Fsp3) is 0.179. The van der Waals surface area contributed by atoms with Crippen molar-refractivity contribution in [1.29, 1.82) is 0 Å². The lowest BCUT2D eigenvalue weighted by atomic mass is 10.1. The van der Waals surface area contributed by atoms with E-state index < -0.39 is 26.9 Å². The highest BCUT2D eigenvalue weighted by atomic mass is 35.5. The summed E-state index contributed by atoms with van der Waals surface area (Å²) in [6.45, 7) is 1.68. The van der Waals surface area contributed by atoms with E-state index in [1.807, 2.05) is 4.72 Å². The van der Waals surface area contributed by atoms with Gasteiger partial charge in [0.1, 0.15) is 40.1 Å². The average molecular weight is 744 g/mol. The SMILES string of the molecule is COC(=O)c1cc(Oc2ccc(Cl)cc2Cl)ccc1[N+](=O)[O-].COc1nc(C)nc(NC(=O)NS(=O)(=O)c2ccccc2OCCCl)n1. The van der Waals surface area contributed by atoms with Crippen LogP contribution in [0.4, 0.5) is 16.4 Å². The zero-order chi connectivity index (χ0) is 35.4. The summed E-state index contributed by atoms with van der Waals surface area (Å²) in [6.07, 6.45) is 0. The Hall–Kier alpha value is -4.97. The lowest BCUT2D eigenvalue weighted by molar-refractivity contribution is -0.385. The van der Waals surface area contributed by atoms with Gasteiger partial charge >= 0.3 is 18.0 Å². The number of aromatic nitrogens is 3. The van der Waals surface area contributed by atoms with Crippen molar-refractivity contribution in [3.05, 3.63) is 92.2 Å². The highest BCUT2D eigenvalue weighted by Crippen LogP contribution is 2.33. The topological polar surface area (TPSA) is 211 Å². The van der Waals surface area contributed by atoms with Crippen LogP contribution in [-0.2, 0) is 14.8 Å². The number of nitro benzene ring substituents is 1. The molecule has 0 bridgehead atoms. The summed E-state index contributed by atoms with van der Waals surface area (Å²) in [4.78, 5) is 45.2. The van der Waals surface area contributed by atoms with Crippen LogP contribution in [0.1, 0.15) is 16.2 Å². The molecule has 0 aliphatic rings. The smallest absolute Gasteiger partial charge is 0.345 e. The Morgan fingerprint density at radius 3 is 2.35 bits per heavy atom. The quantitative estimate of drug-likeness (QED) is 0.0806. The number of hydrogen-bond donors (Lipinski definition) is 2. The molecule has 0 saturated heterocycles. The number of methoxy groups -OCH3 is 2. The lowest BCUT2D eigenvalue weighted by Crippen LogP contribution is -2.35. The van der Waals surface area contributed by atoms with Crippen molar-refractivity contribution in [2.75, 3.05) is 32.0 Å². The van der Waals surface area contributed by atoms with Crippen LogP contribution in [0.5, 0.6) is 23.3 Å². The Morgan fingerprint density at radius 1 is 0.979 bits per heavy atom. The number of carbonyl (C=O) groups excluding carboxylic acids is 2. The first-order valence-electron chi connectivity index (χ1n) is 13.2. The molecule has 20 heteroatoms. The maximum Gasteiger partial charge on any atom is 0.345 e. The molecule has 0 saturated carbocycles. The van der Waals surface area contributed by atoms with Crippen LogP contribution >= 0.6 is 34.8 Å². The third-order valence-electron chi connectivity index (χ3n) is 5.53. The van der Waals surface area contributed by atoms with Crippen molar-refractivity contribution in [2.24, 2.45) is 0 Å². The standard InChI is InChI=1S/C14H9Cl2NO5.C14H16ClN5O5S/c1-21-14(18)10-7-9(3-4-12(10)17(19)20)22-13-5-2-8(15)6-11(13)16;1-9-16-12(19-14(17-9)24-2)18-13(21)20-26(22,23)11-6-4-3-5-10(11)25-8-7-15/h2-7H,1H3;3-6H,7-8H2,1-2H3,(H2,16,17,18,19,20,21). The molecule has 16 nitrogen and oxygen atoms in total. The Balaban J connectivity index is 0.000000264. The molecular weight excluding hydrogens is 719 g/mol. The van der Waals surface area contributed by atoms with Crippen molar-refractivity contribution in [3.8, 4) is 23.3 Å². The number of halogens is 3. The number of anilines is 1. The molecular formula is C28H25Cl3N6O10S. The van der Waals surface area contributed by atoms with E-state index in [4.69, 9.17) is 49.0 Å². The number of sulfonamides is 1. The second-order valence-corrected chi connectivity index (χ2v) is 11.7. The number of esters is 1. The summed E-state index contributed by atoms with van der Waals surface area (Å²) < 4.78 is 46.9. The number of carbonyl (C=O) groups is 2. The Kier molecular flexibility index (Phi) is 13.5. The maximum absolute atomic E-state index is 12.4. The lowest BCUT2D eigenvalue weighted by Gasteiger charge is -2.12. The molecule has 254 valence electrons. The molecule has 0 radical (unpaired) electrons. The molecule has 3 aromatic carbocycles. The fourth-order valence-electron chi connectivity index (χ4n) is 3.54. The predicted octanol–water partition coefficient (Wildman–Crippen LogP) is 5.80. The number of amides is 2. The number of ether oxygens (including phenoxy) is 4. The molecule has 0 spiro atoms. The van der Waals surface area contributed by atoms with Crippen LogP contribution in [0.15, 0.2) is 65.6 Å². The van der Waals surface area contributed by atoms with E-state index in [1.54, 1.807) is 25.1 Å². The largest absolute Gasteiger partial charge is 0.491 e. The third kappa shape index (κ3) is 10.5. The highest BCUT2D eigenvalue weighted by molar-refractivity contribution is 7.90. The Labute approximate surface area is 288 Å². The molecule has 0 aliphatic heterocycles. The highest BCUT2D eigenvalue weighted by Gasteiger charge is 2.24. The first-order valence-corrected chi connectivity index (χ1v) is 15.9. The van der Waals surface area contributed by atoms with Crippen LogP contribution in [0.2, 0.25) is 10.0 Å². The number of benzene rings is 3. The molecule has 0 fully saturated rings. The van der Waals surface area contributed by atoms with E-state index in [0.717, 1.165) is 13.2 Å². The van der Waals surface area contributed by atoms with Gasteiger partial charge in [-0.2, -0.15) is 15.0 Å². The molecule has 0 unspecified atom stereocenters. The van der Waals surface area contributed by atoms with Gasteiger partial charge in [0.2, 0.25) is 5.95 Å². The first kappa shape index (κ1) is 37.5. The molecule has 4 aromatic rings. The zero-order valence-electron chi connectivity index (χ0n) is 25.1. The van der Waals surface area contributed by atoms with Gasteiger partial charge in [-0.05, 0) is 43.3 Å². The number of rotatable bonds is 11. The minimum Gasteiger partial charge on any atom is -0.491 e. The van der Waals surface area contributed by atoms with Gasteiger partial charge in [0, 0.05) is 17.2 Å². The molecule has 0 atom stereocenters. The summed E-state index contributed by atoms with van der Waals surface area (Å²) in [7, 11) is -1.72. The van der Waals surface area contributed by atoms with Crippen molar-refractivity contribution < 1.29 is 41.9 Å². The van der Waals surface area contributed by atoms with E-state index in [0.29, 0.717) is 10.8 Å². The monoisotopic (exact) mass is 742 g/mol. The number of nitrogens with zero attached hydrogens (tertiary/aromatic N) is 4. The van der Waals surface area contributed by atoms with Gasteiger partial charge in [-0.3, -0.25) is 15.4 Å². The Morgan fingerprint density at radius 2 is 1.71 bits per heavy atom. The number of urea groups is 1. The van der Waals surface area contributed by atoms with Crippen LogP contribution < -0.4 is 24.2 Å². The summed E-state index contributed by atoms with van der Waals surface area (Å²) in [6, 6.07) is 13.1. The van der Waals surface area contributed by atoms with Gasteiger partial charge in [-0.1, -0.05) is 35.3 Å². The predicted molar refractivity (Wildman–Crippen MR) is 174 cm³/mol. The van der Waals surface area contributed by atoms with E-state index in [1.165, 1.54) is 43.5 Å². The molecule has 48 heavy (non-hydrogen) atoms. The summed E-state index contributed by atoms with van der Waals surface area (Å²) >= 11 is 17.3. The minimum atomic E-state index is -4.20. The van der Waals surface area contributed by atoms with Crippen molar-refractivity contribution in [1.82, 2.24) is 19.7 Å².